The third-order valence-electron chi connectivity index (χ3n) is 0.723. The maximum atomic E-state index is 2.25. The van der Waals surface area contributed by atoms with Gasteiger partial charge in [0, 0.05) is 0 Å². The van der Waals surface area contributed by atoms with Gasteiger partial charge >= 0.3 is 62.0 Å². The van der Waals surface area contributed by atoms with E-state index in [2.05, 4.69) is 25.7 Å². The maximum absolute atomic E-state index is 2.25. The van der Waals surface area contributed by atoms with Gasteiger partial charge in [0.15, 0.2) is 0 Å². The Hall–Kier alpha value is 0.609. The molecule has 0 aliphatic carbocycles. The van der Waals surface area contributed by atoms with Gasteiger partial charge in [-0.2, -0.15) is 0 Å². The molecule has 0 N–H and O–H groups in total. The quantitative estimate of drug-likeness (QED) is 0.623. The molecule has 0 aromatic rings. The first-order chi connectivity index (χ1) is 3.85. The molecule has 0 fully saturated rings. The summed E-state index contributed by atoms with van der Waals surface area (Å²) < 4.78 is 1.57. The average Bonchev–Trinajstić information content (AvgIpc) is 1.83. The number of rotatable bonds is 3. The molecule has 0 nitrogen and oxygen atoms in total. The Morgan fingerprint density at radius 1 is 1.75 bits per heavy atom. The van der Waals surface area contributed by atoms with E-state index in [0.717, 1.165) is 15.0 Å². The second-order valence-electron chi connectivity index (χ2n) is 1.24. The van der Waals surface area contributed by atoms with Crippen molar-refractivity contribution in [1.82, 2.24) is 0 Å². The van der Waals surface area contributed by atoms with Crippen molar-refractivity contribution in [3.63, 3.8) is 0 Å². The topological polar surface area (TPSA) is 0 Å². The van der Waals surface area contributed by atoms with E-state index in [1.807, 2.05) is 11.8 Å². The molecule has 0 aliphatic rings. The summed E-state index contributed by atoms with van der Waals surface area (Å²) in [6.07, 6.45) is 2.22. The minimum absolute atomic E-state index is 0.718. The standard InChI is InChI=1S/C6H12SSe/c1-4-6(8-3)7-5-2/h4H,5H2,1-3H3/b6-4-. The van der Waals surface area contributed by atoms with Crippen LogP contribution in [0.2, 0.25) is 5.82 Å². The summed E-state index contributed by atoms with van der Waals surface area (Å²) in [4.78, 5) is 0. The van der Waals surface area contributed by atoms with E-state index >= 15 is 0 Å². The van der Waals surface area contributed by atoms with E-state index in [1.165, 1.54) is 5.75 Å². The fourth-order valence-electron chi connectivity index (χ4n) is 0.402. The van der Waals surface area contributed by atoms with Crippen molar-refractivity contribution < 1.29 is 0 Å². The predicted octanol–water partition coefficient (Wildman–Crippen LogP) is 2.35. The normalized spacial score (nSPS) is 12.1. The molecular formula is C6H12SSe. The third-order valence-corrected chi connectivity index (χ3v) is 4.48. The summed E-state index contributed by atoms with van der Waals surface area (Å²) in [5.41, 5.74) is 0. The Kier molecular flexibility index (Phi) is 6.18. The average molecular weight is 195 g/mol. The zero-order valence-corrected chi connectivity index (χ0v) is 8.13. The molecule has 2 heteroatoms. The molecular weight excluding hydrogens is 183 g/mol. The first-order valence-electron chi connectivity index (χ1n) is 2.68. The van der Waals surface area contributed by atoms with E-state index in [4.69, 9.17) is 0 Å². The van der Waals surface area contributed by atoms with Crippen molar-refractivity contribution in [3.8, 4) is 0 Å². The van der Waals surface area contributed by atoms with Crippen molar-refractivity contribution in [1.29, 1.82) is 0 Å². The molecule has 0 aromatic heterocycles. The molecule has 0 saturated carbocycles. The van der Waals surface area contributed by atoms with Crippen LogP contribution in [0.25, 0.3) is 0 Å². The molecule has 48 valence electrons. The van der Waals surface area contributed by atoms with Crippen LogP contribution >= 0.6 is 11.8 Å². The van der Waals surface area contributed by atoms with Crippen LogP contribution in [0.5, 0.6) is 0 Å². The van der Waals surface area contributed by atoms with Gasteiger partial charge in [-0.25, -0.2) is 0 Å². The monoisotopic (exact) mass is 196 g/mol. The second-order valence-corrected chi connectivity index (χ2v) is 4.91. The van der Waals surface area contributed by atoms with Crippen molar-refractivity contribution in [2.75, 3.05) is 5.75 Å². The first kappa shape index (κ1) is 8.61. The Bertz CT molecular complexity index is 78.6. The van der Waals surface area contributed by atoms with Crippen LogP contribution in [0.1, 0.15) is 13.8 Å². The minimum atomic E-state index is 0.718. The molecule has 0 radical (unpaired) electrons. The van der Waals surface area contributed by atoms with Crippen molar-refractivity contribution in [2.45, 2.75) is 19.7 Å². The number of hydrogen-bond donors (Lipinski definition) is 0. The van der Waals surface area contributed by atoms with Gasteiger partial charge in [0.2, 0.25) is 0 Å². The molecule has 0 spiro atoms. The number of thioether (sulfide) groups is 1. The summed E-state index contributed by atoms with van der Waals surface area (Å²) in [5, 5.41) is 0. The fraction of sp³-hybridized carbons (Fsp3) is 0.667. The van der Waals surface area contributed by atoms with E-state index in [9.17, 15) is 0 Å². The third kappa shape index (κ3) is 3.59. The van der Waals surface area contributed by atoms with Gasteiger partial charge in [0.25, 0.3) is 0 Å². The van der Waals surface area contributed by atoms with Crippen LogP contribution in [-0.2, 0) is 0 Å². The van der Waals surface area contributed by atoms with Crippen LogP contribution in [0, 0.1) is 0 Å². The summed E-state index contributed by atoms with van der Waals surface area (Å²) in [6, 6.07) is 0. The van der Waals surface area contributed by atoms with Crippen molar-refractivity contribution >= 4 is 26.7 Å². The molecule has 0 atom stereocenters. The molecule has 8 heavy (non-hydrogen) atoms. The number of allylic oxidation sites excluding steroid dienone is 1. The summed E-state index contributed by atoms with van der Waals surface area (Å²) in [7, 11) is 0. The van der Waals surface area contributed by atoms with E-state index in [1.54, 1.807) is 3.80 Å². The molecule has 0 heterocycles. The molecule has 0 saturated heterocycles. The van der Waals surface area contributed by atoms with Gasteiger partial charge in [-0.3, -0.25) is 0 Å². The summed E-state index contributed by atoms with van der Waals surface area (Å²) in [6.45, 7) is 4.31. The Morgan fingerprint density at radius 2 is 2.38 bits per heavy atom. The van der Waals surface area contributed by atoms with E-state index in [0.29, 0.717) is 0 Å². The molecule has 0 aromatic carbocycles. The first-order valence-corrected chi connectivity index (χ1v) is 6.23. The zero-order valence-electron chi connectivity index (χ0n) is 5.60. The molecule has 0 unspecified atom stereocenters. The summed E-state index contributed by atoms with van der Waals surface area (Å²) in [5.74, 6) is 3.47. The van der Waals surface area contributed by atoms with Gasteiger partial charge in [-0.15, -0.1) is 0 Å². The van der Waals surface area contributed by atoms with Crippen LogP contribution in [0.4, 0.5) is 0 Å². The Morgan fingerprint density at radius 3 is 2.50 bits per heavy atom. The SMILES string of the molecule is C/C=C(/SCC)[Se]C. The second kappa shape index (κ2) is 5.74. The zero-order chi connectivity index (χ0) is 6.41. The van der Waals surface area contributed by atoms with Gasteiger partial charge in [0.05, 0.1) is 0 Å². The van der Waals surface area contributed by atoms with E-state index in [-0.39, 0.29) is 0 Å². The van der Waals surface area contributed by atoms with Crippen molar-refractivity contribution in [3.05, 3.63) is 9.88 Å². The fourth-order valence-corrected chi connectivity index (χ4v) is 2.95. The predicted molar refractivity (Wildman–Crippen MR) is 43.5 cm³/mol. The van der Waals surface area contributed by atoms with E-state index < -0.39 is 0 Å². The number of hydrogen-bond acceptors (Lipinski definition) is 1. The molecule has 0 amide bonds. The summed E-state index contributed by atoms with van der Waals surface area (Å²) >= 11 is 2.68. The van der Waals surface area contributed by atoms with Crippen LogP contribution in [0.15, 0.2) is 9.88 Å². The van der Waals surface area contributed by atoms with Crippen molar-refractivity contribution in [2.24, 2.45) is 0 Å². The van der Waals surface area contributed by atoms with Crippen LogP contribution in [-0.4, -0.2) is 20.7 Å². The molecule has 0 rings (SSSR count). The Labute approximate surface area is 62.3 Å². The Balaban J connectivity index is 3.38. The van der Waals surface area contributed by atoms with Crippen LogP contribution < -0.4 is 0 Å². The van der Waals surface area contributed by atoms with Gasteiger partial charge in [0.1, 0.15) is 0 Å². The van der Waals surface area contributed by atoms with Gasteiger partial charge in [-0.05, 0) is 0 Å². The van der Waals surface area contributed by atoms with Crippen LogP contribution in [0.3, 0.4) is 0 Å². The van der Waals surface area contributed by atoms with Gasteiger partial charge < -0.3 is 0 Å². The molecule has 0 aliphatic heterocycles. The molecule has 0 bridgehead atoms. The van der Waals surface area contributed by atoms with Gasteiger partial charge in [-0.1, -0.05) is 0 Å².